The average molecular weight is 382 g/mol. The number of amides is 3. The Morgan fingerprint density at radius 2 is 1.61 bits per heavy atom. The molecule has 0 heterocycles. The van der Waals surface area contributed by atoms with Gasteiger partial charge in [-0.05, 0) is 42.5 Å². The van der Waals surface area contributed by atoms with Crippen molar-refractivity contribution in [3.63, 3.8) is 0 Å². The first-order chi connectivity index (χ1) is 13.3. The smallest absolute Gasteiger partial charge is 0.326 e. The second-order valence-electron chi connectivity index (χ2n) is 8.17. The summed E-state index contributed by atoms with van der Waals surface area (Å²) in [6, 6.07) is 17.1. The summed E-state index contributed by atoms with van der Waals surface area (Å²) in [4.78, 5) is 26.6. The van der Waals surface area contributed by atoms with Crippen LogP contribution < -0.4 is 15.5 Å². The topological polar surface area (TPSA) is 61.4 Å². The van der Waals surface area contributed by atoms with Gasteiger partial charge in [0.2, 0.25) is 5.91 Å². The maximum absolute atomic E-state index is 12.9. The summed E-state index contributed by atoms with van der Waals surface area (Å²) < 4.78 is 0. The fraction of sp³-hybridized carbons (Fsp3) is 0.391. The number of anilines is 2. The number of carbonyl (C=O) groups is 2. The van der Waals surface area contributed by atoms with Crippen LogP contribution in [-0.2, 0) is 4.79 Å². The van der Waals surface area contributed by atoms with Crippen molar-refractivity contribution in [3.05, 3.63) is 60.2 Å². The zero-order valence-electron chi connectivity index (χ0n) is 17.3. The Labute approximate surface area is 168 Å². The second kappa shape index (κ2) is 9.93. The number of nitrogens with zero attached hydrogens (tertiary/aromatic N) is 1. The molecule has 2 rings (SSSR count). The number of benzene rings is 2. The lowest BCUT2D eigenvalue weighted by Gasteiger charge is -2.24. The molecule has 2 N–H and O–H groups in total. The standard InChI is InChI=1S/C23H31N3O2/c1-18-11-8-9-14-20(18)25-22(28)26(19-12-6-5-7-13-19)16-10-15-24-21(27)17-23(2,3)4/h5-9,11-14H,10,15-17H2,1-4H3,(H,24,27)(H,25,28). The van der Waals surface area contributed by atoms with Gasteiger partial charge in [-0.25, -0.2) is 4.79 Å². The molecule has 0 aliphatic rings. The summed E-state index contributed by atoms with van der Waals surface area (Å²) in [5, 5.41) is 5.94. The zero-order chi connectivity index (χ0) is 20.6. The van der Waals surface area contributed by atoms with Crippen LogP contribution in [0.4, 0.5) is 16.2 Å². The Balaban J connectivity index is 1.98. The monoisotopic (exact) mass is 381 g/mol. The predicted molar refractivity (Wildman–Crippen MR) is 116 cm³/mol. The lowest BCUT2D eigenvalue weighted by atomic mass is 9.92. The van der Waals surface area contributed by atoms with Gasteiger partial charge in [-0.2, -0.15) is 0 Å². The van der Waals surface area contributed by atoms with Crippen molar-refractivity contribution in [2.75, 3.05) is 23.3 Å². The molecule has 0 atom stereocenters. The normalized spacial score (nSPS) is 11.0. The molecule has 0 aliphatic heterocycles. The van der Waals surface area contributed by atoms with E-state index < -0.39 is 0 Å². The first-order valence-corrected chi connectivity index (χ1v) is 9.72. The van der Waals surface area contributed by atoms with Crippen molar-refractivity contribution >= 4 is 23.3 Å². The minimum Gasteiger partial charge on any atom is -0.356 e. The number of aryl methyl sites for hydroxylation is 1. The summed E-state index contributed by atoms with van der Waals surface area (Å²) in [6.07, 6.45) is 1.16. The third-order valence-electron chi connectivity index (χ3n) is 4.27. The second-order valence-corrected chi connectivity index (χ2v) is 8.17. The van der Waals surface area contributed by atoms with E-state index in [2.05, 4.69) is 10.6 Å². The van der Waals surface area contributed by atoms with Crippen LogP contribution >= 0.6 is 0 Å². The molecule has 28 heavy (non-hydrogen) atoms. The van der Waals surface area contributed by atoms with Crippen molar-refractivity contribution in [1.29, 1.82) is 0 Å². The molecule has 150 valence electrons. The number of hydrogen-bond donors (Lipinski definition) is 2. The van der Waals surface area contributed by atoms with Crippen LogP contribution in [0.5, 0.6) is 0 Å². The molecule has 3 amide bonds. The van der Waals surface area contributed by atoms with Crippen molar-refractivity contribution in [2.24, 2.45) is 5.41 Å². The molecule has 5 nitrogen and oxygen atoms in total. The van der Waals surface area contributed by atoms with E-state index >= 15 is 0 Å². The summed E-state index contributed by atoms with van der Waals surface area (Å²) in [6.45, 7) is 9.14. The molecule has 0 fully saturated rings. The Bertz CT molecular complexity index is 782. The maximum atomic E-state index is 12.9. The first kappa shape index (κ1) is 21.5. The van der Waals surface area contributed by atoms with Crippen LogP contribution in [0.2, 0.25) is 0 Å². The quantitative estimate of drug-likeness (QED) is 0.665. The summed E-state index contributed by atoms with van der Waals surface area (Å²) in [5.74, 6) is 0.0446. The highest BCUT2D eigenvalue weighted by Gasteiger charge is 2.18. The van der Waals surface area contributed by atoms with E-state index in [1.165, 1.54) is 0 Å². The van der Waals surface area contributed by atoms with Gasteiger partial charge in [-0.1, -0.05) is 57.2 Å². The highest BCUT2D eigenvalue weighted by Crippen LogP contribution is 2.19. The zero-order valence-corrected chi connectivity index (χ0v) is 17.3. The molecule has 0 spiro atoms. The van der Waals surface area contributed by atoms with Gasteiger partial charge in [0.15, 0.2) is 0 Å². The Morgan fingerprint density at radius 1 is 0.964 bits per heavy atom. The minimum atomic E-state index is -0.179. The number of nitrogens with one attached hydrogen (secondary N) is 2. The molecule has 2 aromatic carbocycles. The largest absolute Gasteiger partial charge is 0.356 e. The van der Waals surface area contributed by atoms with Gasteiger partial charge in [-0.15, -0.1) is 0 Å². The fourth-order valence-electron chi connectivity index (χ4n) is 2.86. The molecule has 5 heteroatoms. The number of rotatable bonds is 7. The van der Waals surface area contributed by atoms with Crippen LogP contribution in [0, 0.1) is 12.3 Å². The molecule has 0 aromatic heterocycles. The Morgan fingerprint density at radius 3 is 2.25 bits per heavy atom. The average Bonchev–Trinajstić information content (AvgIpc) is 2.63. The van der Waals surface area contributed by atoms with Gasteiger partial charge in [0.1, 0.15) is 0 Å². The van der Waals surface area contributed by atoms with Crippen molar-refractivity contribution in [1.82, 2.24) is 5.32 Å². The number of carbonyl (C=O) groups excluding carboxylic acids is 2. The van der Waals surface area contributed by atoms with E-state index in [1.807, 2.05) is 82.3 Å². The van der Waals surface area contributed by atoms with Gasteiger partial charge in [-0.3, -0.25) is 9.69 Å². The summed E-state index contributed by atoms with van der Waals surface area (Å²) in [5.41, 5.74) is 2.60. The molecule has 2 aromatic rings. The first-order valence-electron chi connectivity index (χ1n) is 9.72. The summed E-state index contributed by atoms with van der Waals surface area (Å²) in [7, 11) is 0. The molecule has 0 saturated heterocycles. The third kappa shape index (κ3) is 7.06. The third-order valence-corrected chi connectivity index (χ3v) is 4.27. The molecular formula is C23H31N3O2. The lowest BCUT2D eigenvalue weighted by Crippen LogP contribution is -2.37. The van der Waals surface area contributed by atoms with E-state index in [0.717, 1.165) is 16.9 Å². The van der Waals surface area contributed by atoms with E-state index in [1.54, 1.807) is 4.90 Å². The van der Waals surface area contributed by atoms with E-state index in [4.69, 9.17) is 0 Å². The van der Waals surface area contributed by atoms with E-state index in [0.29, 0.717) is 25.9 Å². The molecule has 0 radical (unpaired) electrons. The maximum Gasteiger partial charge on any atom is 0.326 e. The van der Waals surface area contributed by atoms with Crippen molar-refractivity contribution in [2.45, 2.75) is 40.5 Å². The van der Waals surface area contributed by atoms with Gasteiger partial charge < -0.3 is 10.6 Å². The summed E-state index contributed by atoms with van der Waals surface area (Å²) >= 11 is 0. The van der Waals surface area contributed by atoms with Crippen LogP contribution in [0.15, 0.2) is 54.6 Å². The lowest BCUT2D eigenvalue weighted by molar-refractivity contribution is -0.122. The fourth-order valence-corrected chi connectivity index (χ4v) is 2.86. The molecule has 0 bridgehead atoms. The molecule has 0 unspecified atom stereocenters. The van der Waals surface area contributed by atoms with Crippen molar-refractivity contribution in [3.8, 4) is 0 Å². The van der Waals surface area contributed by atoms with E-state index in [9.17, 15) is 9.59 Å². The predicted octanol–water partition coefficient (Wildman–Crippen LogP) is 4.98. The van der Waals surface area contributed by atoms with Crippen LogP contribution in [-0.4, -0.2) is 25.0 Å². The van der Waals surface area contributed by atoms with Gasteiger partial charge in [0, 0.05) is 30.9 Å². The molecular weight excluding hydrogens is 350 g/mol. The highest BCUT2D eigenvalue weighted by molar-refractivity contribution is 6.02. The Hall–Kier alpha value is -2.82. The van der Waals surface area contributed by atoms with Crippen LogP contribution in [0.25, 0.3) is 0 Å². The molecule has 0 saturated carbocycles. The SMILES string of the molecule is Cc1ccccc1NC(=O)N(CCCNC(=O)CC(C)(C)C)c1ccccc1. The van der Waals surface area contributed by atoms with E-state index in [-0.39, 0.29) is 17.4 Å². The number of urea groups is 1. The van der Waals surface area contributed by atoms with Gasteiger partial charge in [0.05, 0.1) is 0 Å². The Kier molecular flexibility index (Phi) is 7.61. The van der Waals surface area contributed by atoms with Crippen LogP contribution in [0.1, 0.15) is 39.2 Å². The number of hydrogen-bond acceptors (Lipinski definition) is 2. The number of para-hydroxylation sites is 2. The van der Waals surface area contributed by atoms with Crippen LogP contribution in [0.3, 0.4) is 0 Å². The highest BCUT2D eigenvalue weighted by atomic mass is 16.2. The van der Waals surface area contributed by atoms with Gasteiger partial charge in [0.25, 0.3) is 0 Å². The van der Waals surface area contributed by atoms with Crippen molar-refractivity contribution < 1.29 is 9.59 Å². The molecule has 0 aliphatic carbocycles. The van der Waals surface area contributed by atoms with Gasteiger partial charge >= 0.3 is 6.03 Å². The minimum absolute atomic E-state index is 0.0341.